The molecule has 0 saturated heterocycles. The summed E-state index contributed by atoms with van der Waals surface area (Å²) in [7, 11) is 1.90. The summed E-state index contributed by atoms with van der Waals surface area (Å²) < 4.78 is 1.97. The minimum absolute atomic E-state index is 0.740. The van der Waals surface area contributed by atoms with Crippen LogP contribution >= 0.6 is 0 Å². The highest BCUT2D eigenvalue weighted by atomic mass is 15.1. The molecule has 0 bridgehead atoms. The van der Waals surface area contributed by atoms with E-state index in [0.29, 0.717) is 0 Å². The van der Waals surface area contributed by atoms with Gasteiger partial charge in [0.15, 0.2) is 0 Å². The highest BCUT2D eigenvalue weighted by Gasteiger charge is 2.03. The minimum Gasteiger partial charge on any atom is -0.313 e. The van der Waals surface area contributed by atoms with Crippen molar-refractivity contribution in [3.63, 3.8) is 0 Å². The van der Waals surface area contributed by atoms with Gasteiger partial charge < -0.3 is 5.32 Å². The summed E-state index contributed by atoms with van der Waals surface area (Å²) in [6.45, 7) is 0.740. The van der Waals surface area contributed by atoms with Gasteiger partial charge in [0.05, 0.1) is 6.54 Å². The monoisotopic (exact) mass is 188 g/mol. The van der Waals surface area contributed by atoms with Crippen LogP contribution in [-0.2, 0) is 6.54 Å². The molecule has 0 aliphatic carbocycles. The summed E-state index contributed by atoms with van der Waals surface area (Å²) in [5.41, 5.74) is 0. The average Bonchev–Trinajstić information content (AvgIpc) is 2.68. The maximum atomic E-state index is 4.26. The number of imidazole rings is 1. The van der Waals surface area contributed by atoms with Crippen LogP contribution in [0.5, 0.6) is 0 Å². The molecule has 2 rings (SSSR count). The molecule has 2 aromatic rings. The Morgan fingerprint density at radius 2 is 2.21 bits per heavy atom. The highest BCUT2D eigenvalue weighted by Crippen LogP contribution is 2.06. The Morgan fingerprint density at radius 1 is 1.29 bits per heavy atom. The van der Waals surface area contributed by atoms with Crippen LogP contribution in [0.25, 0.3) is 5.82 Å². The fourth-order valence-electron chi connectivity index (χ4n) is 1.33. The summed E-state index contributed by atoms with van der Waals surface area (Å²) in [6, 6.07) is 5.82. The molecule has 2 aromatic heterocycles. The lowest BCUT2D eigenvalue weighted by atomic mass is 10.4. The fourth-order valence-corrected chi connectivity index (χ4v) is 1.33. The SMILES string of the molecule is CNCc1nccn1-c1ccccn1. The van der Waals surface area contributed by atoms with E-state index in [-0.39, 0.29) is 0 Å². The van der Waals surface area contributed by atoms with Crippen LogP contribution in [0.4, 0.5) is 0 Å². The standard InChI is InChI=1S/C10H12N4/c1-11-8-10-13-6-7-14(10)9-4-2-3-5-12-9/h2-7,11H,8H2,1H3. The lowest BCUT2D eigenvalue weighted by Crippen LogP contribution is -2.11. The Kier molecular flexibility index (Phi) is 2.55. The second-order valence-electron chi connectivity index (χ2n) is 2.93. The predicted octanol–water partition coefficient (Wildman–Crippen LogP) is 0.987. The molecular formula is C10H12N4. The molecule has 0 amide bonds. The van der Waals surface area contributed by atoms with Crippen LogP contribution in [0.2, 0.25) is 0 Å². The van der Waals surface area contributed by atoms with Crippen LogP contribution in [0, 0.1) is 0 Å². The molecule has 0 aromatic carbocycles. The summed E-state index contributed by atoms with van der Waals surface area (Å²) in [6.07, 6.45) is 5.47. The Labute approximate surface area is 82.6 Å². The topological polar surface area (TPSA) is 42.7 Å². The molecule has 1 N–H and O–H groups in total. The first-order valence-electron chi connectivity index (χ1n) is 4.50. The fraction of sp³-hybridized carbons (Fsp3) is 0.200. The normalized spacial score (nSPS) is 10.4. The molecule has 0 fully saturated rings. The molecule has 2 heterocycles. The Balaban J connectivity index is 2.37. The van der Waals surface area contributed by atoms with E-state index < -0.39 is 0 Å². The third-order valence-electron chi connectivity index (χ3n) is 1.95. The zero-order chi connectivity index (χ0) is 9.80. The molecule has 0 aliphatic heterocycles. The van der Waals surface area contributed by atoms with Crippen LogP contribution in [0.1, 0.15) is 5.82 Å². The van der Waals surface area contributed by atoms with E-state index >= 15 is 0 Å². The molecule has 14 heavy (non-hydrogen) atoms. The van der Waals surface area contributed by atoms with Crippen molar-refractivity contribution in [2.24, 2.45) is 0 Å². The molecule has 0 unspecified atom stereocenters. The number of nitrogens with zero attached hydrogens (tertiary/aromatic N) is 3. The van der Waals surface area contributed by atoms with Crippen molar-refractivity contribution in [1.29, 1.82) is 0 Å². The highest BCUT2D eigenvalue weighted by molar-refractivity contribution is 5.23. The van der Waals surface area contributed by atoms with E-state index in [0.717, 1.165) is 18.2 Å². The van der Waals surface area contributed by atoms with Crippen LogP contribution in [-0.4, -0.2) is 21.6 Å². The lowest BCUT2D eigenvalue weighted by Gasteiger charge is -2.05. The van der Waals surface area contributed by atoms with Crippen molar-refractivity contribution in [3.8, 4) is 5.82 Å². The second kappa shape index (κ2) is 4.02. The molecule has 4 heteroatoms. The average molecular weight is 188 g/mol. The number of rotatable bonds is 3. The van der Waals surface area contributed by atoms with Gasteiger partial charge in [-0.25, -0.2) is 9.97 Å². The first-order chi connectivity index (χ1) is 6.92. The van der Waals surface area contributed by atoms with Crippen molar-refractivity contribution >= 4 is 0 Å². The van der Waals surface area contributed by atoms with E-state index in [1.54, 1.807) is 12.4 Å². The molecule has 0 radical (unpaired) electrons. The molecule has 0 spiro atoms. The van der Waals surface area contributed by atoms with Crippen molar-refractivity contribution in [2.75, 3.05) is 7.05 Å². The third-order valence-corrected chi connectivity index (χ3v) is 1.95. The summed E-state index contributed by atoms with van der Waals surface area (Å²) in [5.74, 6) is 1.86. The summed E-state index contributed by atoms with van der Waals surface area (Å²) in [4.78, 5) is 8.50. The van der Waals surface area contributed by atoms with E-state index in [9.17, 15) is 0 Å². The van der Waals surface area contributed by atoms with Gasteiger partial charge in [-0.3, -0.25) is 4.57 Å². The molecule has 0 aliphatic rings. The van der Waals surface area contributed by atoms with Crippen LogP contribution < -0.4 is 5.32 Å². The lowest BCUT2D eigenvalue weighted by molar-refractivity contribution is 0.736. The van der Waals surface area contributed by atoms with Gasteiger partial charge in [-0.1, -0.05) is 6.07 Å². The maximum Gasteiger partial charge on any atom is 0.138 e. The third kappa shape index (κ3) is 1.65. The zero-order valence-corrected chi connectivity index (χ0v) is 8.01. The van der Waals surface area contributed by atoms with Gasteiger partial charge in [-0.15, -0.1) is 0 Å². The van der Waals surface area contributed by atoms with E-state index in [1.165, 1.54) is 0 Å². The summed E-state index contributed by atoms with van der Waals surface area (Å²) >= 11 is 0. The number of hydrogen-bond donors (Lipinski definition) is 1. The number of pyridine rings is 1. The van der Waals surface area contributed by atoms with Gasteiger partial charge >= 0.3 is 0 Å². The summed E-state index contributed by atoms with van der Waals surface area (Å²) in [5, 5.41) is 3.07. The van der Waals surface area contributed by atoms with E-state index in [4.69, 9.17) is 0 Å². The number of nitrogens with one attached hydrogen (secondary N) is 1. The van der Waals surface area contributed by atoms with Crippen molar-refractivity contribution in [1.82, 2.24) is 19.9 Å². The van der Waals surface area contributed by atoms with Gasteiger partial charge in [-0.2, -0.15) is 0 Å². The van der Waals surface area contributed by atoms with Crippen LogP contribution in [0.15, 0.2) is 36.8 Å². The van der Waals surface area contributed by atoms with Gasteiger partial charge in [0.2, 0.25) is 0 Å². The van der Waals surface area contributed by atoms with Crippen molar-refractivity contribution < 1.29 is 0 Å². The first-order valence-corrected chi connectivity index (χ1v) is 4.50. The first kappa shape index (κ1) is 8.90. The smallest absolute Gasteiger partial charge is 0.138 e. The van der Waals surface area contributed by atoms with Crippen molar-refractivity contribution in [2.45, 2.75) is 6.54 Å². The molecular weight excluding hydrogens is 176 g/mol. The van der Waals surface area contributed by atoms with Crippen molar-refractivity contribution in [3.05, 3.63) is 42.6 Å². The predicted molar refractivity (Wildman–Crippen MR) is 54.1 cm³/mol. The number of hydrogen-bond acceptors (Lipinski definition) is 3. The Bertz CT molecular complexity index is 394. The van der Waals surface area contributed by atoms with Crippen LogP contribution in [0.3, 0.4) is 0 Å². The van der Waals surface area contributed by atoms with Gasteiger partial charge in [-0.05, 0) is 19.2 Å². The molecule has 4 nitrogen and oxygen atoms in total. The Hall–Kier alpha value is -1.68. The quantitative estimate of drug-likeness (QED) is 0.781. The van der Waals surface area contributed by atoms with E-state index in [1.807, 2.05) is 36.0 Å². The largest absolute Gasteiger partial charge is 0.313 e. The zero-order valence-electron chi connectivity index (χ0n) is 8.01. The maximum absolute atomic E-state index is 4.26. The van der Waals surface area contributed by atoms with E-state index in [2.05, 4.69) is 15.3 Å². The van der Waals surface area contributed by atoms with Gasteiger partial charge in [0, 0.05) is 18.6 Å². The Morgan fingerprint density at radius 3 is 2.93 bits per heavy atom. The second-order valence-corrected chi connectivity index (χ2v) is 2.93. The minimum atomic E-state index is 0.740. The molecule has 0 saturated carbocycles. The molecule has 72 valence electrons. The van der Waals surface area contributed by atoms with Gasteiger partial charge in [0.25, 0.3) is 0 Å². The number of aromatic nitrogens is 3. The van der Waals surface area contributed by atoms with Gasteiger partial charge in [0.1, 0.15) is 11.6 Å². The molecule has 0 atom stereocenters.